The molecule has 0 bridgehead atoms. The number of aliphatic hydroxyl groups excluding tert-OH is 1. The summed E-state index contributed by atoms with van der Waals surface area (Å²) >= 11 is 1.74. The number of aliphatic hydroxyl groups is 1. The number of carbonyl (C=O) groups excluding carboxylic acids is 1. The van der Waals surface area contributed by atoms with Crippen molar-refractivity contribution >= 4 is 23.4 Å². The van der Waals surface area contributed by atoms with Crippen molar-refractivity contribution in [2.24, 2.45) is 0 Å². The molecule has 2 aromatic carbocycles. The molecule has 4 heterocycles. The van der Waals surface area contributed by atoms with E-state index in [1.165, 1.54) is 19.2 Å². The zero-order valence-corrected chi connectivity index (χ0v) is 25.2. The number of methoxy groups -OCH3 is 1. The Kier molecular flexibility index (Phi) is 9.12. The molecule has 3 aromatic rings. The number of amides is 1. The van der Waals surface area contributed by atoms with E-state index < -0.39 is 6.10 Å². The van der Waals surface area contributed by atoms with Crippen molar-refractivity contribution in [2.45, 2.75) is 23.9 Å². The molecule has 3 aliphatic heterocycles. The van der Waals surface area contributed by atoms with Crippen molar-refractivity contribution in [3.8, 4) is 23.0 Å². The van der Waals surface area contributed by atoms with Crippen LogP contribution in [0.25, 0.3) is 5.76 Å². The van der Waals surface area contributed by atoms with Crippen LogP contribution < -0.4 is 14.8 Å². The molecule has 2 fully saturated rings. The summed E-state index contributed by atoms with van der Waals surface area (Å²) in [5, 5.41) is 35.5. The molecular weight excluding hydrogens is 584 g/mol. The topological polar surface area (TPSA) is 137 Å². The Bertz CT molecular complexity index is 1490. The highest BCUT2D eigenvalue weighted by atomic mass is 32.2. The SMILES string of the molecule is COc1c(O)cc(C2=C(OCCCN3CCN(C(=O)[C@@H]4CSC(c5cccnc5)N4)CC3)C(O)c3ccccc3O2)cc1O. The van der Waals surface area contributed by atoms with Gasteiger partial charge in [-0.15, -0.1) is 11.8 Å². The first-order chi connectivity index (χ1) is 21.4. The minimum atomic E-state index is -1.09. The van der Waals surface area contributed by atoms with Crippen molar-refractivity contribution in [3.05, 3.63) is 83.4 Å². The second-order valence-corrected chi connectivity index (χ2v) is 12.0. The van der Waals surface area contributed by atoms with Crippen molar-refractivity contribution in [2.75, 3.05) is 52.2 Å². The van der Waals surface area contributed by atoms with Crippen LogP contribution in [0, 0.1) is 0 Å². The molecule has 1 amide bonds. The lowest BCUT2D eigenvalue weighted by Crippen LogP contribution is -2.53. The molecule has 12 heteroatoms. The Morgan fingerprint density at radius 2 is 1.89 bits per heavy atom. The van der Waals surface area contributed by atoms with Crippen molar-refractivity contribution in [3.63, 3.8) is 0 Å². The summed E-state index contributed by atoms with van der Waals surface area (Å²) in [4.78, 5) is 21.6. The average molecular weight is 621 g/mol. The number of fused-ring (bicyclic) bond motifs is 1. The van der Waals surface area contributed by atoms with Crippen LogP contribution in [-0.4, -0.2) is 94.2 Å². The van der Waals surface area contributed by atoms with E-state index in [0.29, 0.717) is 43.0 Å². The van der Waals surface area contributed by atoms with Crippen LogP contribution in [0.4, 0.5) is 0 Å². The lowest BCUT2D eigenvalue weighted by Gasteiger charge is -2.36. The van der Waals surface area contributed by atoms with Gasteiger partial charge in [0.05, 0.1) is 25.1 Å². The zero-order chi connectivity index (χ0) is 30.6. The lowest BCUT2D eigenvalue weighted by atomic mass is 10.00. The summed E-state index contributed by atoms with van der Waals surface area (Å²) in [7, 11) is 1.35. The van der Waals surface area contributed by atoms with Gasteiger partial charge in [-0.25, -0.2) is 0 Å². The first-order valence-corrected chi connectivity index (χ1v) is 15.7. The van der Waals surface area contributed by atoms with Gasteiger partial charge < -0.3 is 34.4 Å². The number of nitrogens with one attached hydrogen (secondary N) is 1. The number of pyridine rings is 1. The number of phenols is 2. The number of benzene rings is 2. The van der Waals surface area contributed by atoms with Crippen molar-refractivity contribution in [1.82, 2.24) is 20.1 Å². The second kappa shape index (κ2) is 13.3. The third-order valence-electron chi connectivity index (χ3n) is 8.04. The fourth-order valence-electron chi connectivity index (χ4n) is 5.73. The van der Waals surface area contributed by atoms with Crippen LogP contribution >= 0.6 is 11.8 Å². The number of ether oxygens (including phenoxy) is 3. The number of nitrogens with zero attached hydrogens (tertiary/aromatic N) is 3. The maximum Gasteiger partial charge on any atom is 0.240 e. The number of aromatic hydroxyl groups is 2. The lowest BCUT2D eigenvalue weighted by molar-refractivity contribution is -0.134. The van der Waals surface area contributed by atoms with Crippen LogP contribution in [0.15, 0.2) is 66.7 Å². The minimum absolute atomic E-state index is 0.0531. The Balaban J connectivity index is 1.03. The van der Waals surface area contributed by atoms with E-state index in [2.05, 4.69) is 15.2 Å². The molecule has 3 aliphatic rings. The van der Waals surface area contributed by atoms with Crippen LogP contribution in [0.1, 0.15) is 34.6 Å². The van der Waals surface area contributed by atoms with Crippen LogP contribution in [0.2, 0.25) is 0 Å². The number of phenolic OH excluding ortho intramolecular Hbond substituents is 2. The smallest absolute Gasteiger partial charge is 0.240 e. The number of thioether (sulfide) groups is 1. The van der Waals surface area contributed by atoms with Gasteiger partial charge in [0.2, 0.25) is 11.7 Å². The standard InChI is InChI=1S/C32H36N4O7S/c1-41-29-24(37)16-21(17-25(29)38)28-30(27(39)22-7-2-3-8-26(22)43-28)42-15-5-10-35-11-13-36(14-12-35)32(40)23-19-44-31(34-23)20-6-4-9-33-18-20/h2-4,6-9,16-18,23,27,31,34,37-39H,5,10-15,19H2,1H3/t23-,27?,31?/m0/s1. The van der Waals surface area contributed by atoms with E-state index in [-0.39, 0.29) is 46.1 Å². The summed E-state index contributed by atoms with van der Waals surface area (Å²) < 4.78 is 17.3. The Morgan fingerprint density at radius 1 is 1.11 bits per heavy atom. The predicted molar refractivity (Wildman–Crippen MR) is 165 cm³/mol. The van der Waals surface area contributed by atoms with Gasteiger partial charge in [0.1, 0.15) is 11.9 Å². The molecule has 4 N–H and O–H groups in total. The fourth-order valence-corrected chi connectivity index (χ4v) is 6.95. The molecule has 0 spiro atoms. The monoisotopic (exact) mass is 620 g/mol. The number of piperazine rings is 1. The quantitative estimate of drug-likeness (QED) is 0.263. The first kappa shape index (κ1) is 30.1. The normalized spacial score (nSPS) is 22.0. The number of carbonyl (C=O) groups is 1. The van der Waals surface area contributed by atoms with E-state index in [0.717, 1.165) is 31.0 Å². The number of para-hydroxylation sites is 1. The van der Waals surface area contributed by atoms with E-state index in [4.69, 9.17) is 14.2 Å². The molecular formula is C32H36N4O7S. The molecule has 1 aromatic heterocycles. The Hall–Kier alpha value is -3.97. The molecule has 232 valence electrons. The van der Waals surface area contributed by atoms with Gasteiger partial charge in [0, 0.05) is 62.0 Å². The van der Waals surface area contributed by atoms with E-state index >= 15 is 0 Å². The van der Waals surface area contributed by atoms with Gasteiger partial charge in [0.25, 0.3) is 0 Å². The molecule has 2 unspecified atom stereocenters. The molecule has 44 heavy (non-hydrogen) atoms. The summed E-state index contributed by atoms with van der Waals surface area (Å²) in [6.07, 6.45) is 3.19. The molecule has 2 saturated heterocycles. The third-order valence-corrected chi connectivity index (χ3v) is 9.31. The molecule has 3 atom stereocenters. The van der Waals surface area contributed by atoms with Crippen molar-refractivity contribution < 1.29 is 34.3 Å². The predicted octanol–water partition coefficient (Wildman–Crippen LogP) is 3.25. The van der Waals surface area contributed by atoms with Gasteiger partial charge in [-0.2, -0.15) is 0 Å². The van der Waals surface area contributed by atoms with Crippen LogP contribution in [0.5, 0.6) is 23.0 Å². The van der Waals surface area contributed by atoms with Gasteiger partial charge >= 0.3 is 0 Å². The molecule has 0 saturated carbocycles. The van der Waals surface area contributed by atoms with Gasteiger partial charge in [-0.3, -0.25) is 20.0 Å². The number of aromatic nitrogens is 1. The highest BCUT2D eigenvalue weighted by Crippen LogP contribution is 2.45. The van der Waals surface area contributed by atoms with Crippen LogP contribution in [0.3, 0.4) is 0 Å². The molecule has 0 radical (unpaired) electrons. The van der Waals surface area contributed by atoms with E-state index in [1.807, 2.05) is 29.3 Å². The first-order valence-electron chi connectivity index (χ1n) is 14.6. The minimum Gasteiger partial charge on any atom is -0.504 e. The number of hydrogen-bond donors (Lipinski definition) is 4. The largest absolute Gasteiger partial charge is 0.504 e. The van der Waals surface area contributed by atoms with Gasteiger partial charge in [-0.1, -0.05) is 24.3 Å². The highest BCUT2D eigenvalue weighted by Gasteiger charge is 2.35. The molecule has 0 aliphatic carbocycles. The Labute approximate surface area is 260 Å². The maximum atomic E-state index is 13.2. The van der Waals surface area contributed by atoms with Crippen molar-refractivity contribution in [1.29, 1.82) is 0 Å². The summed E-state index contributed by atoms with van der Waals surface area (Å²) in [5.41, 5.74) is 1.99. The van der Waals surface area contributed by atoms with Gasteiger partial charge in [-0.05, 0) is 36.2 Å². The third kappa shape index (κ3) is 6.29. The highest BCUT2D eigenvalue weighted by molar-refractivity contribution is 7.99. The maximum absolute atomic E-state index is 13.2. The Morgan fingerprint density at radius 3 is 2.61 bits per heavy atom. The summed E-state index contributed by atoms with van der Waals surface area (Å²) in [5.74, 6) is 1.18. The second-order valence-electron chi connectivity index (χ2n) is 10.9. The molecule has 11 nitrogen and oxygen atoms in total. The number of hydrogen-bond acceptors (Lipinski definition) is 11. The van der Waals surface area contributed by atoms with E-state index in [1.54, 1.807) is 36.2 Å². The fraction of sp³-hybridized carbons (Fsp3) is 0.375. The van der Waals surface area contributed by atoms with Crippen LogP contribution in [-0.2, 0) is 9.53 Å². The molecule has 6 rings (SSSR count). The average Bonchev–Trinajstić information content (AvgIpc) is 3.55. The van der Waals surface area contributed by atoms with Gasteiger partial charge in [0.15, 0.2) is 23.0 Å². The zero-order valence-electron chi connectivity index (χ0n) is 24.4. The number of rotatable bonds is 9. The summed E-state index contributed by atoms with van der Waals surface area (Å²) in [6.45, 7) is 3.97. The van der Waals surface area contributed by atoms with E-state index in [9.17, 15) is 20.1 Å². The summed E-state index contributed by atoms with van der Waals surface area (Å²) in [6, 6.07) is 13.7.